The van der Waals surface area contributed by atoms with E-state index >= 15 is 0 Å². The van der Waals surface area contributed by atoms with Crippen molar-refractivity contribution >= 4 is 27.6 Å². The number of nitrogens with one attached hydrogen (secondary N) is 1. The molecule has 0 bridgehead atoms. The number of carbonyl (C=O) groups is 2. The minimum absolute atomic E-state index is 0.0364. The smallest absolute Gasteiger partial charge is 0.334 e. The zero-order chi connectivity index (χ0) is 21.7. The first-order valence-electron chi connectivity index (χ1n) is 9.64. The molecule has 160 valence electrons. The van der Waals surface area contributed by atoms with Crippen molar-refractivity contribution in [1.29, 1.82) is 0 Å². The number of hydrogen-bond donors (Lipinski definition) is 1. The fourth-order valence-corrected chi connectivity index (χ4v) is 4.57. The van der Waals surface area contributed by atoms with Crippen LogP contribution in [0.2, 0.25) is 0 Å². The van der Waals surface area contributed by atoms with E-state index in [0.29, 0.717) is 28.8 Å². The molecule has 1 aliphatic rings. The fourth-order valence-electron chi connectivity index (χ4n) is 3.23. The summed E-state index contributed by atoms with van der Waals surface area (Å²) in [6.07, 6.45) is 1.61. The summed E-state index contributed by atoms with van der Waals surface area (Å²) in [5.74, 6) is -0.201. The highest BCUT2D eigenvalue weighted by Crippen LogP contribution is 2.24. The number of aryl methyl sites for hydroxylation is 1. The lowest BCUT2D eigenvalue weighted by Crippen LogP contribution is -2.48. The summed E-state index contributed by atoms with van der Waals surface area (Å²) < 4.78 is 32.3. The van der Waals surface area contributed by atoms with Crippen molar-refractivity contribution in [3.8, 4) is 5.75 Å². The second kappa shape index (κ2) is 9.17. The molecule has 8 nitrogen and oxygen atoms in total. The second-order valence-corrected chi connectivity index (χ2v) is 8.91. The van der Waals surface area contributed by atoms with Crippen LogP contribution in [-0.4, -0.2) is 56.3 Å². The average molecular weight is 432 g/mol. The topological polar surface area (TPSA) is 96.0 Å². The Labute approximate surface area is 176 Å². The molecular formula is C21H25N3O5S. The van der Waals surface area contributed by atoms with E-state index in [9.17, 15) is 18.0 Å². The molecule has 0 atom stereocenters. The van der Waals surface area contributed by atoms with E-state index in [-0.39, 0.29) is 4.90 Å². The van der Waals surface area contributed by atoms with Crippen LogP contribution in [0.3, 0.4) is 0 Å². The number of carbonyl (C=O) groups excluding carboxylic acids is 2. The third-order valence-electron chi connectivity index (χ3n) is 4.87. The molecule has 0 saturated carbocycles. The minimum Gasteiger partial charge on any atom is -0.495 e. The Morgan fingerprint density at radius 1 is 1.07 bits per heavy atom. The zero-order valence-electron chi connectivity index (χ0n) is 17.0. The van der Waals surface area contributed by atoms with Crippen molar-refractivity contribution in [2.75, 3.05) is 32.1 Å². The van der Waals surface area contributed by atoms with Gasteiger partial charge in [-0.1, -0.05) is 29.8 Å². The third kappa shape index (κ3) is 4.73. The van der Waals surface area contributed by atoms with Gasteiger partial charge in [0.25, 0.3) is 10.0 Å². The summed E-state index contributed by atoms with van der Waals surface area (Å²) >= 11 is 0. The maximum absolute atomic E-state index is 13.2. The van der Waals surface area contributed by atoms with Crippen LogP contribution >= 0.6 is 0 Å². The lowest BCUT2D eigenvalue weighted by atomic mass is 10.2. The number of likely N-dealkylation sites (tertiary alicyclic amines) is 1. The first kappa shape index (κ1) is 21.6. The molecule has 1 saturated heterocycles. The van der Waals surface area contributed by atoms with E-state index in [1.54, 1.807) is 36.4 Å². The molecule has 3 amide bonds. The van der Waals surface area contributed by atoms with Crippen molar-refractivity contribution in [2.24, 2.45) is 0 Å². The number of hydrogen-bond acceptors (Lipinski definition) is 5. The Hall–Kier alpha value is -3.07. The Balaban J connectivity index is 1.88. The number of amides is 3. The summed E-state index contributed by atoms with van der Waals surface area (Å²) in [6.45, 7) is 2.13. The van der Waals surface area contributed by atoms with E-state index in [1.165, 1.54) is 24.1 Å². The Morgan fingerprint density at radius 2 is 1.70 bits per heavy atom. The highest BCUT2D eigenvalue weighted by Gasteiger charge is 2.35. The van der Waals surface area contributed by atoms with Crippen LogP contribution in [0.1, 0.15) is 18.4 Å². The van der Waals surface area contributed by atoms with Crippen LogP contribution < -0.4 is 10.1 Å². The Morgan fingerprint density at radius 3 is 2.33 bits per heavy atom. The number of anilines is 1. The predicted molar refractivity (Wildman–Crippen MR) is 113 cm³/mol. The molecule has 0 aromatic heterocycles. The van der Waals surface area contributed by atoms with Gasteiger partial charge in [0.1, 0.15) is 12.3 Å². The summed E-state index contributed by atoms with van der Waals surface area (Å²) in [6, 6.07) is 12.3. The Kier molecular flexibility index (Phi) is 6.61. The SMILES string of the molecule is COc1ccccc1NC(=O)CN(C(=O)N1CCCC1)S(=O)(=O)c1ccc(C)cc1. The predicted octanol–water partition coefficient (Wildman–Crippen LogP) is 2.85. The summed E-state index contributed by atoms with van der Waals surface area (Å²) in [5.41, 5.74) is 1.28. The normalized spacial score (nSPS) is 13.7. The van der Waals surface area contributed by atoms with Crippen molar-refractivity contribution in [3.05, 3.63) is 54.1 Å². The zero-order valence-corrected chi connectivity index (χ0v) is 17.8. The lowest BCUT2D eigenvalue weighted by Gasteiger charge is -2.27. The summed E-state index contributed by atoms with van der Waals surface area (Å²) in [4.78, 5) is 27.1. The maximum atomic E-state index is 13.2. The van der Waals surface area contributed by atoms with E-state index in [2.05, 4.69) is 5.32 Å². The molecule has 3 rings (SSSR count). The largest absolute Gasteiger partial charge is 0.495 e. The van der Waals surface area contributed by atoms with Crippen LogP contribution in [0.4, 0.5) is 10.5 Å². The number of ether oxygens (including phenoxy) is 1. The summed E-state index contributed by atoms with van der Waals surface area (Å²) in [5, 5.41) is 2.63. The number of urea groups is 1. The van der Waals surface area contributed by atoms with Gasteiger partial charge in [-0.2, -0.15) is 0 Å². The lowest BCUT2D eigenvalue weighted by molar-refractivity contribution is -0.116. The molecule has 0 radical (unpaired) electrons. The number of para-hydroxylation sites is 2. The van der Waals surface area contributed by atoms with Gasteiger partial charge in [-0.25, -0.2) is 17.5 Å². The van der Waals surface area contributed by atoms with Gasteiger partial charge in [-0.15, -0.1) is 0 Å². The monoisotopic (exact) mass is 431 g/mol. The van der Waals surface area contributed by atoms with Gasteiger partial charge in [-0.05, 0) is 44.0 Å². The number of methoxy groups -OCH3 is 1. The number of nitrogens with zero attached hydrogens (tertiary/aromatic N) is 2. The number of sulfonamides is 1. The van der Waals surface area contributed by atoms with Crippen LogP contribution in [-0.2, 0) is 14.8 Å². The standard InChI is InChI=1S/C21H25N3O5S/c1-16-9-11-17(12-10-16)30(27,28)24(21(26)23-13-5-6-14-23)15-20(25)22-18-7-3-4-8-19(18)29-2/h3-4,7-12H,5-6,13-15H2,1-2H3,(H,22,25). The molecule has 9 heteroatoms. The Bertz CT molecular complexity index is 1020. The van der Waals surface area contributed by atoms with Gasteiger partial charge in [-0.3, -0.25) is 4.79 Å². The molecule has 1 aliphatic heterocycles. The first-order chi connectivity index (χ1) is 14.3. The van der Waals surface area contributed by atoms with Crippen molar-refractivity contribution in [2.45, 2.75) is 24.7 Å². The van der Waals surface area contributed by atoms with E-state index in [1.807, 2.05) is 6.92 Å². The van der Waals surface area contributed by atoms with Crippen LogP contribution in [0.25, 0.3) is 0 Å². The van der Waals surface area contributed by atoms with E-state index < -0.39 is 28.5 Å². The summed E-state index contributed by atoms with van der Waals surface area (Å²) in [7, 11) is -2.74. The van der Waals surface area contributed by atoms with Crippen LogP contribution in [0, 0.1) is 6.92 Å². The van der Waals surface area contributed by atoms with Gasteiger partial charge >= 0.3 is 6.03 Å². The molecule has 1 N–H and O–H groups in total. The van der Waals surface area contributed by atoms with Crippen molar-refractivity contribution in [1.82, 2.24) is 9.21 Å². The average Bonchev–Trinajstić information content (AvgIpc) is 3.27. The molecule has 1 heterocycles. The van der Waals surface area contributed by atoms with Crippen molar-refractivity contribution in [3.63, 3.8) is 0 Å². The fraction of sp³-hybridized carbons (Fsp3) is 0.333. The highest BCUT2D eigenvalue weighted by molar-refractivity contribution is 7.89. The van der Waals surface area contributed by atoms with E-state index in [4.69, 9.17) is 4.74 Å². The quantitative estimate of drug-likeness (QED) is 0.759. The molecule has 0 unspecified atom stereocenters. The second-order valence-electron chi connectivity index (χ2n) is 7.05. The van der Waals surface area contributed by atoms with Gasteiger partial charge in [0.15, 0.2) is 0 Å². The highest BCUT2D eigenvalue weighted by atomic mass is 32.2. The third-order valence-corrected chi connectivity index (χ3v) is 6.60. The van der Waals surface area contributed by atoms with Gasteiger partial charge in [0, 0.05) is 13.1 Å². The van der Waals surface area contributed by atoms with E-state index in [0.717, 1.165) is 18.4 Å². The van der Waals surface area contributed by atoms with Crippen LogP contribution in [0.5, 0.6) is 5.75 Å². The molecule has 2 aromatic rings. The van der Waals surface area contributed by atoms with Gasteiger partial charge < -0.3 is 15.0 Å². The molecule has 0 aliphatic carbocycles. The molecule has 30 heavy (non-hydrogen) atoms. The van der Waals surface area contributed by atoms with Gasteiger partial charge in [0.05, 0.1) is 17.7 Å². The van der Waals surface area contributed by atoms with Crippen molar-refractivity contribution < 1.29 is 22.7 Å². The molecule has 0 spiro atoms. The molecular weight excluding hydrogens is 406 g/mol. The minimum atomic E-state index is -4.21. The van der Waals surface area contributed by atoms with Crippen LogP contribution in [0.15, 0.2) is 53.4 Å². The number of benzene rings is 2. The maximum Gasteiger partial charge on any atom is 0.334 e. The molecule has 2 aromatic carbocycles. The number of rotatable bonds is 6. The molecule has 1 fully saturated rings. The van der Waals surface area contributed by atoms with Gasteiger partial charge in [0.2, 0.25) is 5.91 Å². The first-order valence-corrected chi connectivity index (χ1v) is 11.1.